The van der Waals surface area contributed by atoms with Crippen molar-refractivity contribution in [1.82, 2.24) is 4.90 Å². The highest BCUT2D eigenvalue weighted by Gasteiger charge is 2.36. The number of carbonyl (C=O) groups is 2. The van der Waals surface area contributed by atoms with Crippen LogP contribution < -0.4 is 10.1 Å². The van der Waals surface area contributed by atoms with Crippen LogP contribution >= 0.6 is 0 Å². The molecular weight excluding hydrogens is 376 g/mol. The van der Waals surface area contributed by atoms with Crippen LogP contribution in [0, 0.1) is 5.92 Å². The molecule has 0 fully saturated rings. The maximum absolute atomic E-state index is 13.4. The van der Waals surface area contributed by atoms with Crippen LogP contribution in [0.4, 0.5) is 5.69 Å². The van der Waals surface area contributed by atoms with Gasteiger partial charge in [-0.3, -0.25) is 9.59 Å². The zero-order chi connectivity index (χ0) is 21.3. The fraction of sp³-hybridized carbons (Fsp3) is 0.440. The van der Waals surface area contributed by atoms with Crippen molar-refractivity contribution in [2.75, 3.05) is 5.32 Å². The van der Waals surface area contributed by atoms with Crippen LogP contribution in [-0.2, 0) is 22.6 Å². The Labute approximate surface area is 178 Å². The fourth-order valence-corrected chi connectivity index (χ4v) is 4.41. The molecule has 1 N–H and O–H groups in total. The van der Waals surface area contributed by atoms with E-state index in [1.54, 1.807) is 0 Å². The van der Waals surface area contributed by atoms with E-state index in [-0.39, 0.29) is 23.8 Å². The predicted molar refractivity (Wildman–Crippen MR) is 117 cm³/mol. The zero-order valence-corrected chi connectivity index (χ0v) is 18.0. The van der Waals surface area contributed by atoms with Crippen molar-refractivity contribution >= 4 is 17.5 Å². The average Bonchev–Trinajstić information content (AvgIpc) is 2.89. The fourth-order valence-electron chi connectivity index (χ4n) is 4.41. The van der Waals surface area contributed by atoms with Crippen molar-refractivity contribution in [3.8, 4) is 5.75 Å². The third-order valence-electron chi connectivity index (χ3n) is 6.11. The van der Waals surface area contributed by atoms with Gasteiger partial charge < -0.3 is 15.0 Å². The minimum Gasteiger partial charge on any atom is -0.480 e. The number of anilines is 1. The molecular formula is C25H30N2O3. The van der Waals surface area contributed by atoms with E-state index in [0.29, 0.717) is 13.0 Å². The summed E-state index contributed by atoms with van der Waals surface area (Å²) < 4.78 is 6.13. The molecule has 0 saturated carbocycles. The van der Waals surface area contributed by atoms with Crippen LogP contribution in [0.5, 0.6) is 5.75 Å². The largest absolute Gasteiger partial charge is 0.480 e. The lowest BCUT2D eigenvalue weighted by atomic mass is 9.86. The van der Waals surface area contributed by atoms with Gasteiger partial charge in [-0.2, -0.15) is 0 Å². The van der Waals surface area contributed by atoms with Gasteiger partial charge in [0.2, 0.25) is 5.91 Å². The van der Waals surface area contributed by atoms with Gasteiger partial charge in [-0.05, 0) is 55.0 Å². The monoisotopic (exact) mass is 406 g/mol. The minimum absolute atomic E-state index is 0.0231. The summed E-state index contributed by atoms with van der Waals surface area (Å²) >= 11 is 0. The van der Waals surface area contributed by atoms with Crippen molar-refractivity contribution in [1.29, 1.82) is 0 Å². The van der Waals surface area contributed by atoms with Gasteiger partial charge >= 0.3 is 0 Å². The summed E-state index contributed by atoms with van der Waals surface area (Å²) in [6, 6.07) is 14.2. The summed E-state index contributed by atoms with van der Waals surface area (Å²) in [7, 11) is 0. The van der Waals surface area contributed by atoms with Crippen LogP contribution in [0.3, 0.4) is 0 Å². The van der Waals surface area contributed by atoms with Crippen molar-refractivity contribution in [3.05, 3.63) is 59.2 Å². The number of nitrogens with one attached hydrogen (secondary N) is 1. The number of aryl methyl sites for hydroxylation is 1. The summed E-state index contributed by atoms with van der Waals surface area (Å²) in [4.78, 5) is 27.6. The van der Waals surface area contributed by atoms with E-state index in [4.69, 9.17) is 4.74 Å². The molecule has 1 aliphatic carbocycles. The standard InChI is InChI=1S/C25H30N2O3/c1-4-22-25(29)27(21-11-7-9-17-8-5-6-10-20(17)21)15-18-14-19(12-13-23(18)30-22)26-24(28)16(2)3/h5-6,8,10,12-14,16,21-22H,4,7,9,11,15H2,1-3H3,(H,26,28). The van der Waals surface area contributed by atoms with E-state index in [2.05, 4.69) is 29.6 Å². The molecule has 2 aliphatic rings. The number of nitrogens with zero attached hydrogens (tertiary/aromatic N) is 1. The Bertz CT molecular complexity index is 953. The van der Waals surface area contributed by atoms with Crippen molar-refractivity contribution in [2.45, 2.75) is 65.1 Å². The van der Waals surface area contributed by atoms with Gasteiger partial charge in [-0.15, -0.1) is 0 Å². The van der Waals surface area contributed by atoms with E-state index < -0.39 is 6.10 Å². The maximum atomic E-state index is 13.4. The molecule has 1 heterocycles. The van der Waals surface area contributed by atoms with Gasteiger partial charge in [-0.1, -0.05) is 45.0 Å². The summed E-state index contributed by atoms with van der Waals surface area (Å²) in [6.07, 6.45) is 3.22. The van der Waals surface area contributed by atoms with Gasteiger partial charge in [0.25, 0.3) is 5.91 Å². The number of hydrogen-bond donors (Lipinski definition) is 1. The Hall–Kier alpha value is -2.82. The van der Waals surface area contributed by atoms with Gasteiger partial charge in [0.05, 0.1) is 12.6 Å². The number of carbonyl (C=O) groups excluding carboxylic acids is 2. The van der Waals surface area contributed by atoms with Crippen molar-refractivity contribution in [3.63, 3.8) is 0 Å². The number of rotatable bonds is 4. The predicted octanol–water partition coefficient (Wildman–Crippen LogP) is 4.86. The Morgan fingerprint density at radius 1 is 1.20 bits per heavy atom. The van der Waals surface area contributed by atoms with E-state index >= 15 is 0 Å². The first-order valence-corrected chi connectivity index (χ1v) is 11.0. The summed E-state index contributed by atoms with van der Waals surface area (Å²) in [5.41, 5.74) is 4.25. The lowest BCUT2D eigenvalue weighted by Gasteiger charge is -2.36. The smallest absolute Gasteiger partial charge is 0.264 e. The molecule has 5 nitrogen and oxygen atoms in total. The molecule has 0 radical (unpaired) electrons. The summed E-state index contributed by atoms with van der Waals surface area (Å²) in [5, 5.41) is 2.96. The molecule has 0 bridgehead atoms. The maximum Gasteiger partial charge on any atom is 0.264 e. The lowest BCUT2D eigenvalue weighted by molar-refractivity contribution is -0.141. The number of benzene rings is 2. The van der Waals surface area contributed by atoms with Crippen LogP contribution in [0.15, 0.2) is 42.5 Å². The SMILES string of the molecule is CCC1Oc2ccc(NC(=O)C(C)C)cc2CN(C2CCCc3ccccc32)C1=O. The van der Waals surface area contributed by atoms with E-state index in [1.165, 1.54) is 11.1 Å². The third-order valence-corrected chi connectivity index (χ3v) is 6.11. The van der Waals surface area contributed by atoms with Crippen LogP contribution in [0.25, 0.3) is 0 Å². The highest BCUT2D eigenvalue weighted by atomic mass is 16.5. The van der Waals surface area contributed by atoms with Crippen LogP contribution in [0.2, 0.25) is 0 Å². The zero-order valence-electron chi connectivity index (χ0n) is 18.0. The van der Waals surface area contributed by atoms with Gasteiger partial charge in [0.1, 0.15) is 5.75 Å². The number of hydrogen-bond acceptors (Lipinski definition) is 3. The van der Waals surface area contributed by atoms with Crippen molar-refractivity contribution in [2.24, 2.45) is 5.92 Å². The Morgan fingerprint density at radius 2 is 2.00 bits per heavy atom. The second-order valence-electron chi connectivity index (χ2n) is 8.55. The Morgan fingerprint density at radius 3 is 2.77 bits per heavy atom. The molecule has 0 saturated heterocycles. The van der Waals surface area contributed by atoms with Crippen LogP contribution in [-0.4, -0.2) is 22.8 Å². The molecule has 2 aromatic rings. The average molecular weight is 407 g/mol. The van der Waals surface area contributed by atoms with E-state index in [0.717, 1.165) is 36.3 Å². The van der Waals surface area contributed by atoms with Gasteiger partial charge in [0, 0.05) is 17.2 Å². The first kappa shape index (κ1) is 20.5. The number of amides is 2. The minimum atomic E-state index is -0.489. The molecule has 2 unspecified atom stereocenters. The second-order valence-corrected chi connectivity index (χ2v) is 8.55. The Kier molecular flexibility index (Phi) is 5.80. The molecule has 2 amide bonds. The Balaban J connectivity index is 1.70. The summed E-state index contributed by atoms with van der Waals surface area (Å²) in [5.74, 6) is 0.652. The molecule has 4 rings (SSSR count). The quantitative estimate of drug-likeness (QED) is 0.789. The first-order valence-electron chi connectivity index (χ1n) is 11.0. The molecule has 2 atom stereocenters. The number of fused-ring (bicyclic) bond motifs is 2. The van der Waals surface area contributed by atoms with E-state index in [1.807, 2.05) is 43.9 Å². The molecule has 30 heavy (non-hydrogen) atoms. The van der Waals surface area contributed by atoms with Crippen molar-refractivity contribution < 1.29 is 14.3 Å². The summed E-state index contributed by atoms with van der Waals surface area (Å²) in [6.45, 7) is 6.20. The normalized spacial score (nSPS) is 20.8. The molecule has 0 spiro atoms. The molecule has 5 heteroatoms. The highest BCUT2D eigenvalue weighted by Crippen LogP contribution is 2.39. The number of ether oxygens (including phenoxy) is 1. The highest BCUT2D eigenvalue weighted by molar-refractivity contribution is 5.92. The second kappa shape index (κ2) is 8.50. The molecule has 1 aliphatic heterocycles. The van der Waals surface area contributed by atoms with Gasteiger partial charge in [-0.25, -0.2) is 0 Å². The van der Waals surface area contributed by atoms with Crippen LogP contribution in [0.1, 0.15) is 62.8 Å². The molecule has 2 aromatic carbocycles. The topological polar surface area (TPSA) is 58.6 Å². The lowest BCUT2D eigenvalue weighted by Crippen LogP contribution is -2.42. The first-order chi connectivity index (χ1) is 14.5. The van der Waals surface area contributed by atoms with Gasteiger partial charge in [0.15, 0.2) is 6.10 Å². The molecule has 158 valence electrons. The molecule has 0 aromatic heterocycles. The van der Waals surface area contributed by atoms with E-state index in [9.17, 15) is 9.59 Å². The third kappa shape index (κ3) is 3.93.